The quantitative estimate of drug-likeness (QED) is 0.534. The Balaban J connectivity index is 1.75. The first-order valence-corrected chi connectivity index (χ1v) is 7.73. The third-order valence-electron chi connectivity index (χ3n) is 4.62. The van der Waals surface area contributed by atoms with Crippen molar-refractivity contribution in [2.75, 3.05) is 33.4 Å². The normalized spacial score (nSPS) is 29.3. The van der Waals surface area contributed by atoms with Crippen LogP contribution in [0.15, 0.2) is 0 Å². The Bertz CT molecular complexity index is 335. The third-order valence-corrected chi connectivity index (χ3v) is 4.62. The van der Waals surface area contributed by atoms with Gasteiger partial charge in [-0.1, -0.05) is 13.3 Å². The van der Waals surface area contributed by atoms with Crippen molar-refractivity contribution in [3.05, 3.63) is 0 Å². The predicted octanol–water partition coefficient (Wildman–Crippen LogP) is 1.03. The summed E-state index contributed by atoms with van der Waals surface area (Å²) in [5, 5.41) is 3.23. The van der Waals surface area contributed by atoms with Gasteiger partial charge in [-0.2, -0.15) is 0 Å². The molecule has 1 aliphatic carbocycles. The number of hydrogen-bond donors (Lipinski definition) is 1. The van der Waals surface area contributed by atoms with Crippen molar-refractivity contribution in [1.29, 1.82) is 0 Å². The maximum Gasteiger partial charge on any atom is 0.233 e. The van der Waals surface area contributed by atoms with Crippen LogP contribution in [-0.4, -0.2) is 50.1 Å². The first kappa shape index (κ1) is 15.4. The van der Waals surface area contributed by atoms with Crippen LogP contribution in [0.25, 0.3) is 0 Å². The summed E-state index contributed by atoms with van der Waals surface area (Å²) < 4.78 is 4.95. The van der Waals surface area contributed by atoms with Crippen LogP contribution in [0.1, 0.15) is 32.6 Å². The summed E-state index contributed by atoms with van der Waals surface area (Å²) in [7, 11) is 1.67. The number of carbonyl (C=O) groups is 2. The van der Waals surface area contributed by atoms with Crippen molar-refractivity contribution in [3.8, 4) is 0 Å². The van der Waals surface area contributed by atoms with Gasteiger partial charge < -0.3 is 10.1 Å². The molecule has 2 aliphatic rings. The molecule has 0 aromatic carbocycles. The molecule has 2 rings (SSSR count). The molecule has 1 aliphatic heterocycles. The average molecular weight is 282 g/mol. The van der Waals surface area contributed by atoms with Gasteiger partial charge in [0.05, 0.1) is 18.4 Å². The number of imide groups is 1. The van der Waals surface area contributed by atoms with Gasteiger partial charge >= 0.3 is 0 Å². The van der Waals surface area contributed by atoms with E-state index in [1.807, 2.05) is 0 Å². The highest BCUT2D eigenvalue weighted by Gasteiger charge is 2.51. The first-order chi connectivity index (χ1) is 9.69. The fourth-order valence-corrected chi connectivity index (χ4v) is 3.41. The van der Waals surface area contributed by atoms with Crippen LogP contribution >= 0.6 is 0 Å². The minimum absolute atomic E-state index is 0.0195. The molecule has 1 N–H and O–H groups in total. The molecular formula is C15H26N2O3. The predicted molar refractivity (Wildman–Crippen MR) is 76.1 cm³/mol. The highest BCUT2D eigenvalue weighted by atomic mass is 16.5. The second-order valence-corrected chi connectivity index (χ2v) is 5.88. The highest BCUT2D eigenvalue weighted by Crippen LogP contribution is 2.44. The molecule has 1 saturated carbocycles. The molecule has 2 amide bonds. The summed E-state index contributed by atoms with van der Waals surface area (Å²) in [4.78, 5) is 26.1. The molecule has 2 fully saturated rings. The molecule has 5 nitrogen and oxygen atoms in total. The molecule has 5 heteroatoms. The number of hydrogen-bond acceptors (Lipinski definition) is 4. The van der Waals surface area contributed by atoms with E-state index in [1.165, 1.54) is 4.90 Å². The topological polar surface area (TPSA) is 58.6 Å². The van der Waals surface area contributed by atoms with Crippen molar-refractivity contribution in [1.82, 2.24) is 10.2 Å². The van der Waals surface area contributed by atoms with Gasteiger partial charge in [0.1, 0.15) is 0 Å². The molecule has 0 radical (unpaired) electrons. The number of amides is 2. The van der Waals surface area contributed by atoms with E-state index in [-0.39, 0.29) is 23.7 Å². The number of nitrogens with zero attached hydrogens (tertiary/aromatic N) is 1. The van der Waals surface area contributed by atoms with E-state index in [0.717, 1.165) is 38.8 Å². The highest BCUT2D eigenvalue weighted by molar-refractivity contribution is 6.05. The molecule has 1 saturated heterocycles. The summed E-state index contributed by atoms with van der Waals surface area (Å²) in [5.74, 6) is 0.680. The number of ether oxygens (including phenoxy) is 1. The number of nitrogens with one attached hydrogen (secondary N) is 1. The summed E-state index contributed by atoms with van der Waals surface area (Å²) >= 11 is 0. The van der Waals surface area contributed by atoms with E-state index in [0.29, 0.717) is 19.1 Å². The Morgan fingerprint density at radius 3 is 2.40 bits per heavy atom. The van der Waals surface area contributed by atoms with Gasteiger partial charge in [-0.05, 0) is 31.7 Å². The number of fused-ring (bicyclic) bond motifs is 1. The SMILES string of the molecule is CCC1CC2C(=O)N(CCCNCCOC)C(=O)C2C1. The van der Waals surface area contributed by atoms with Crippen molar-refractivity contribution in [3.63, 3.8) is 0 Å². The number of methoxy groups -OCH3 is 1. The van der Waals surface area contributed by atoms with E-state index in [9.17, 15) is 9.59 Å². The Morgan fingerprint density at radius 1 is 1.20 bits per heavy atom. The van der Waals surface area contributed by atoms with Gasteiger partial charge in [-0.15, -0.1) is 0 Å². The molecule has 0 spiro atoms. The van der Waals surface area contributed by atoms with Gasteiger partial charge in [0, 0.05) is 20.2 Å². The monoisotopic (exact) mass is 282 g/mol. The lowest BCUT2D eigenvalue weighted by molar-refractivity contribution is -0.140. The summed E-state index contributed by atoms with van der Waals surface area (Å²) in [6.45, 7) is 5.00. The number of likely N-dealkylation sites (tertiary alicyclic amines) is 1. The van der Waals surface area contributed by atoms with E-state index in [1.54, 1.807) is 7.11 Å². The Morgan fingerprint density at radius 2 is 1.85 bits per heavy atom. The standard InChI is InChI=1S/C15H26N2O3/c1-3-11-9-12-13(10-11)15(19)17(14(12)18)7-4-5-16-6-8-20-2/h11-13,16H,3-10H2,1-2H3. The van der Waals surface area contributed by atoms with Crippen molar-refractivity contribution in [2.24, 2.45) is 17.8 Å². The zero-order valence-electron chi connectivity index (χ0n) is 12.6. The third kappa shape index (κ3) is 3.20. The average Bonchev–Trinajstić information content (AvgIpc) is 2.97. The minimum Gasteiger partial charge on any atom is -0.383 e. The van der Waals surface area contributed by atoms with Crippen LogP contribution in [0.5, 0.6) is 0 Å². The second kappa shape index (κ2) is 7.18. The molecule has 20 heavy (non-hydrogen) atoms. The molecule has 1 heterocycles. The van der Waals surface area contributed by atoms with Gasteiger partial charge in [0.2, 0.25) is 11.8 Å². The van der Waals surface area contributed by atoms with Gasteiger partial charge in [-0.25, -0.2) is 0 Å². The van der Waals surface area contributed by atoms with E-state index in [2.05, 4.69) is 12.2 Å². The van der Waals surface area contributed by atoms with Crippen LogP contribution in [0, 0.1) is 17.8 Å². The molecule has 0 bridgehead atoms. The fourth-order valence-electron chi connectivity index (χ4n) is 3.41. The zero-order valence-corrected chi connectivity index (χ0v) is 12.6. The van der Waals surface area contributed by atoms with Crippen molar-refractivity contribution < 1.29 is 14.3 Å². The van der Waals surface area contributed by atoms with Gasteiger partial charge in [0.15, 0.2) is 0 Å². The van der Waals surface area contributed by atoms with Crippen molar-refractivity contribution in [2.45, 2.75) is 32.6 Å². The number of carbonyl (C=O) groups excluding carboxylic acids is 2. The van der Waals surface area contributed by atoms with Crippen LogP contribution < -0.4 is 5.32 Å². The summed E-state index contributed by atoms with van der Waals surface area (Å²) in [6.07, 6.45) is 3.72. The Hall–Kier alpha value is -0.940. The van der Waals surface area contributed by atoms with Gasteiger partial charge in [-0.3, -0.25) is 14.5 Å². The molecule has 0 aromatic heterocycles. The lowest BCUT2D eigenvalue weighted by atomic mass is 10.00. The van der Waals surface area contributed by atoms with Crippen LogP contribution in [-0.2, 0) is 14.3 Å². The summed E-state index contributed by atoms with van der Waals surface area (Å²) in [6, 6.07) is 0. The van der Waals surface area contributed by atoms with E-state index in [4.69, 9.17) is 4.74 Å². The first-order valence-electron chi connectivity index (χ1n) is 7.73. The fraction of sp³-hybridized carbons (Fsp3) is 0.867. The smallest absolute Gasteiger partial charge is 0.233 e. The van der Waals surface area contributed by atoms with Crippen LogP contribution in [0.2, 0.25) is 0 Å². The minimum atomic E-state index is -0.0195. The van der Waals surface area contributed by atoms with E-state index < -0.39 is 0 Å². The number of rotatable bonds is 8. The van der Waals surface area contributed by atoms with E-state index >= 15 is 0 Å². The molecule has 2 atom stereocenters. The maximum absolute atomic E-state index is 12.3. The summed E-state index contributed by atoms with van der Waals surface area (Å²) in [5.41, 5.74) is 0. The van der Waals surface area contributed by atoms with Crippen molar-refractivity contribution >= 4 is 11.8 Å². The lowest BCUT2D eigenvalue weighted by Crippen LogP contribution is -2.35. The Labute approximate surface area is 121 Å². The van der Waals surface area contributed by atoms with Crippen LogP contribution in [0.4, 0.5) is 0 Å². The molecule has 2 unspecified atom stereocenters. The molecule has 114 valence electrons. The van der Waals surface area contributed by atoms with Gasteiger partial charge in [0.25, 0.3) is 0 Å². The Kier molecular flexibility index (Phi) is 5.54. The molecular weight excluding hydrogens is 256 g/mol. The second-order valence-electron chi connectivity index (χ2n) is 5.88. The maximum atomic E-state index is 12.3. The van der Waals surface area contributed by atoms with Crippen LogP contribution in [0.3, 0.4) is 0 Å². The lowest BCUT2D eigenvalue weighted by Gasteiger charge is -2.17. The largest absolute Gasteiger partial charge is 0.383 e. The zero-order chi connectivity index (χ0) is 14.5. The molecule has 0 aromatic rings.